The molecular formula is C14H22O2. The average Bonchev–Trinajstić information content (AvgIpc) is 2.26. The Morgan fingerprint density at radius 1 is 1.06 bits per heavy atom. The van der Waals surface area contributed by atoms with Gasteiger partial charge in [-0.3, -0.25) is 0 Å². The van der Waals surface area contributed by atoms with Crippen LogP contribution in [0.5, 0.6) is 11.5 Å². The van der Waals surface area contributed by atoms with Crippen LogP contribution in [0.3, 0.4) is 0 Å². The zero-order valence-electron chi connectivity index (χ0n) is 11.1. The molecule has 0 aromatic heterocycles. The van der Waals surface area contributed by atoms with Gasteiger partial charge in [-0.2, -0.15) is 0 Å². The Morgan fingerprint density at radius 2 is 1.69 bits per heavy atom. The van der Waals surface area contributed by atoms with Gasteiger partial charge in [-0.1, -0.05) is 33.8 Å². The van der Waals surface area contributed by atoms with Crippen molar-refractivity contribution < 1.29 is 9.47 Å². The molecule has 16 heavy (non-hydrogen) atoms. The summed E-state index contributed by atoms with van der Waals surface area (Å²) in [6.45, 7) is 8.94. The van der Waals surface area contributed by atoms with Crippen LogP contribution < -0.4 is 9.47 Å². The molecule has 0 aliphatic rings. The molecule has 0 spiro atoms. The van der Waals surface area contributed by atoms with Gasteiger partial charge in [0.05, 0.1) is 14.2 Å². The highest BCUT2D eigenvalue weighted by Gasteiger charge is 2.24. The summed E-state index contributed by atoms with van der Waals surface area (Å²) in [6, 6.07) is 6.02. The van der Waals surface area contributed by atoms with E-state index in [1.807, 2.05) is 12.1 Å². The summed E-state index contributed by atoms with van der Waals surface area (Å²) in [5.41, 5.74) is 1.46. The molecule has 2 nitrogen and oxygen atoms in total. The van der Waals surface area contributed by atoms with Gasteiger partial charge < -0.3 is 9.47 Å². The van der Waals surface area contributed by atoms with Gasteiger partial charge in [0.25, 0.3) is 0 Å². The molecule has 0 fully saturated rings. The lowest BCUT2D eigenvalue weighted by Gasteiger charge is -2.29. The lowest BCUT2D eigenvalue weighted by atomic mass is 9.77. The summed E-state index contributed by atoms with van der Waals surface area (Å²) in [6.07, 6.45) is 0. The van der Waals surface area contributed by atoms with Crippen molar-refractivity contribution in [2.24, 2.45) is 5.41 Å². The Morgan fingerprint density at radius 3 is 2.12 bits per heavy atom. The number of hydrogen-bond acceptors (Lipinski definition) is 2. The van der Waals surface area contributed by atoms with Crippen LogP contribution in [0, 0.1) is 5.41 Å². The maximum atomic E-state index is 5.42. The first-order valence-electron chi connectivity index (χ1n) is 5.62. The summed E-state index contributed by atoms with van der Waals surface area (Å²) >= 11 is 0. The fourth-order valence-electron chi connectivity index (χ4n) is 1.64. The second-order valence-corrected chi connectivity index (χ2v) is 5.20. The molecule has 2 heteroatoms. The minimum absolute atomic E-state index is 0.224. The van der Waals surface area contributed by atoms with Crippen molar-refractivity contribution >= 4 is 0 Å². The second kappa shape index (κ2) is 4.77. The van der Waals surface area contributed by atoms with Crippen LogP contribution >= 0.6 is 0 Å². The molecule has 0 saturated heterocycles. The summed E-state index contributed by atoms with van der Waals surface area (Å²) in [5.74, 6) is 2.18. The van der Waals surface area contributed by atoms with E-state index >= 15 is 0 Å². The van der Waals surface area contributed by atoms with Crippen LogP contribution in [0.1, 0.15) is 39.2 Å². The van der Waals surface area contributed by atoms with Gasteiger partial charge in [-0.15, -0.1) is 0 Å². The van der Waals surface area contributed by atoms with Gasteiger partial charge in [-0.25, -0.2) is 0 Å². The Balaban J connectivity index is 3.14. The number of hydrogen-bond donors (Lipinski definition) is 0. The Hall–Kier alpha value is -1.18. The zero-order chi connectivity index (χ0) is 12.3. The van der Waals surface area contributed by atoms with Crippen molar-refractivity contribution in [1.82, 2.24) is 0 Å². The first-order chi connectivity index (χ1) is 7.40. The van der Waals surface area contributed by atoms with Crippen LogP contribution in [0.2, 0.25) is 0 Å². The quantitative estimate of drug-likeness (QED) is 0.773. The van der Waals surface area contributed by atoms with Crippen LogP contribution in [0.25, 0.3) is 0 Å². The minimum Gasteiger partial charge on any atom is -0.497 e. The Labute approximate surface area is 98.6 Å². The largest absolute Gasteiger partial charge is 0.497 e. The van der Waals surface area contributed by atoms with Gasteiger partial charge >= 0.3 is 0 Å². The van der Waals surface area contributed by atoms with Crippen molar-refractivity contribution in [3.05, 3.63) is 23.8 Å². The lowest BCUT2D eigenvalue weighted by molar-refractivity contribution is 0.323. The highest BCUT2D eigenvalue weighted by atomic mass is 16.5. The minimum atomic E-state index is 0.224. The van der Waals surface area contributed by atoms with E-state index in [-0.39, 0.29) is 5.41 Å². The van der Waals surface area contributed by atoms with E-state index in [4.69, 9.17) is 9.47 Å². The number of ether oxygens (including phenoxy) is 2. The van der Waals surface area contributed by atoms with Gasteiger partial charge in [0.2, 0.25) is 0 Å². The van der Waals surface area contributed by atoms with Gasteiger partial charge in [0.15, 0.2) is 0 Å². The summed E-state index contributed by atoms with van der Waals surface area (Å²) in [7, 11) is 3.37. The van der Waals surface area contributed by atoms with E-state index in [1.165, 1.54) is 5.56 Å². The molecule has 1 rings (SSSR count). The van der Waals surface area contributed by atoms with Crippen molar-refractivity contribution in [3.8, 4) is 11.5 Å². The number of rotatable bonds is 3. The Kier molecular flexibility index (Phi) is 3.84. The molecule has 0 N–H and O–H groups in total. The van der Waals surface area contributed by atoms with Crippen molar-refractivity contribution in [2.75, 3.05) is 14.2 Å². The molecular weight excluding hydrogens is 200 g/mol. The lowest BCUT2D eigenvalue weighted by Crippen LogP contribution is -2.16. The van der Waals surface area contributed by atoms with Crippen LogP contribution in [0.4, 0.5) is 0 Å². The van der Waals surface area contributed by atoms with Gasteiger partial charge in [0, 0.05) is 6.07 Å². The zero-order valence-corrected chi connectivity index (χ0v) is 11.1. The maximum Gasteiger partial charge on any atom is 0.126 e. The molecule has 0 unspecified atom stereocenters. The Bertz CT molecular complexity index is 350. The molecule has 0 saturated carbocycles. The molecule has 0 aliphatic heterocycles. The van der Waals surface area contributed by atoms with E-state index in [0.29, 0.717) is 5.92 Å². The summed E-state index contributed by atoms with van der Waals surface area (Å²) in [4.78, 5) is 0. The molecule has 1 aromatic carbocycles. The third-order valence-corrected chi connectivity index (χ3v) is 3.21. The first kappa shape index (κ1) is 12.9. The van der Waals surface area contributed by atoms with Gasteiger partial charge in [0.1, 0.15) is 11.5 Å². The smallest absolute Gasteiger partial charge is 0.126 e. The monoisotopic (exact) mass is 222 g/mol. The van der Waals surface area contributed by atoms with Gasteiger partial charge in [-0.05, 0) is 23.0 Å². The summed E-state index contributed by atoms with van der Waals surface area (Å²) in [5, 5.41) is 0. The molecule has 0 heterocycles. The maximum absolute atomic E-state index is 5.42. The van der Waals surface area contributed by atoms with E-state index < -0.39 is 0 Å². The van der Waals surface area contributed by atoms with Crippen molar-refractivity contribution in [2.45, 2.75) is 33.6 Å². The van der Waals surface area contributed by atoms with E-state index in [0.717, 1.165) is 11.5 Å². The number of methoxy groups -OCH3 is 2. The number of benzene rings is 1. The van der Waals surface area contributed by atoms with Crippen LogP contribution in [-0.4, -0.2) is 14.2 Å². The highest BCUT2D eigenvalue weighted by molar-refractivity contribution is 5.43. The summed E-state index contributed by atoms with van der Waals surface area (Å²) < 4.78 is 10.6. The average molecular weight is 222 g/mol. The highest BCUT2D eigenvalue weighted by Crippen LogP contribution is 2.40. The van der Waals surface area contributed by atoms with Crippen molar-refractivity contribution in [3.63, 3.8) is 0 Å². The van der Waals surface area contributed by atoms with Crippen LogP contribution in [0.15, 0.2) is 18.2 Å². The fourth-order valence-corrected chi connectivity index (χ4v) is 1.64. The predicted octanol–water partition coefficient (Wildman–Crippen LogP) is 3.85. The van der Waals surface area contributed by atoms with E-state index in [1.54, 1.807) is 14.2 Å². The van der Waals surface area contributed by atoms with E-state index in [9.17, 15) is 0 Å². The molecule has 0 amide bonds. The molecule has 0 radical (unpaired) electrons. The van der Waals surface area contributed by atoms with Crippen LogP contribution in [-0.2, 0) is 0 Å². The topological polar surface area (TPSA) is 18.5 Å². The third kappa shape index (κ3) is 2.69. The fraction of sp³-hybridized carbons (Fsp3) is 0.571. The normalized spacial score (nSPS) is 13.4. The predicted molar refractivity (Wildman–Crippen MR) is 67.4 cm³/mol. The second-order valence-electron chi connectivity index (χ2n) is 5.20. The SMILES string of the molecule is COc1ccc([C@H](C)C(C)(C)C)c(OC)c1. The molecule has 0 aliphatic carbocycles. The molecule has 1 atom stereocenters. The molecule has 0 bridgehead atoms. The standard InChI is InChI=1S/C14H22O2/c1-10(14(2,3)4)12-8-7-11(15-5)9-13(12)16-6/h7-10H,1-6H3/t10-/m0/s1. The third-order valence-electron chi connectivity index (χ3n) is 3.21. The molecule has 1 aromatic rings. The first-order valence-corrected chi connectivity index (χ1v) is 5.62. The molecule has 90 valence electrons. The van der Waals surface area contributed by atoms with E-state index in [2.05, 4.69) is 33.8 Å². The van der Waals surface area contributed by atoms with Crippen molar-refractivity contribution in [1.29, 1.82) is 0 Å².